The molecule has 3 aliphatic rings. The molecule has 0 amide bonds. The zero-order valence-electron chi connectivity index (χ0n) is 11.7. The second kappa shape index (κ2) is 5.23. The number of hydrogen-bond donors (Lipinski definition) is 1. The predicted octanol–water partition coefficient (Wildman–Crippen LogP) is 3.45. The number of benzene rings is 1. The maximum Gasteiger partial charge on any atom is 0.124 e. The topological polar surface area (TPSA) is 32.7 Å². The Hall–Kier alpha value is -0.740. The van der Waals surface area contributed by atoms with Crippen LogP contribution in [-0.4, -0.2) is 29.7 Å². The van der Waals surface area contributed by atoms with E-state index in [0.29, 0.717) is 5.75 Å². The van der Waals surface area contributed by atoms with Crippen molar-refractivity contribution in [3.05, 3.63) is 23.8 Å². The van der Waals surface area contributed by atoms with E-state index in [1.54, 1.807) is 6.07 Å². The molecule has 0 radical (unpaired) electrons. The molecule has 20 heavy (non-hydrogen) atoms. The van der Waals surface area contributed by atoms with Gasteiger partial charge in [0.25, 0.3) is 0 Å². The highest BCUT2D eigenvalue weighted by atomic mass is 79.9. The van der Waals surface area contributed by atoms with Crippen molar-refractivity contribution in [1.29, 1.82) is 0 Å². The first kappa shape index (κ1) is 14.2. The highest BCUT2D eigenvalue weighted by molar-refractivity contribution is 8.93. The van der Waals surface area contributed by atoms with E-state index in [0.717, 1.165) is 24.8 Å². The van der Waals surface area contributed by atoms with E-state index in [9.17, 15) is 5.11 Å². The van der Waals surface area contributed by atoms with Crippen LogP contribution >= 0.6 is 17.0 Å². The fourth-order valence-electron chi connectivity index (χ4n) is 4.62. The number of rotatable bonds is 0. The first-order chi connectivity index (χ1) is 9.30. The number of phenolic OH excluding ortho intramolecular Hbond substituents is 1. The van der Waals surface area contributed by atoms with E-state index < -0.39 is 0 Å². The van der Waals surface area contributed by atoms with Gasteiger partial charge in [-0.1, -0.05) is 12.8 Å². The van der Waals surface area contributed by atoms with Crippen molar-refractivity contribution in [2.45, 2.75) is 37.6 Å². The molecule has 4 rings (SSSR count). The fourth-order valence-corrected chi connectivity index (χ4v) is 4.62. The van der Waals surface area contributed by atoms with Crippen LogP contribution in [0.3, 0.4) is 0 Å². The van der Waals surface area contributed by atoms with Gasteiger partial charge in [0.2, 0.25) is 0 Å². The quantitative estimate of drug-likeness (QED) is 0.785. The number of hydrogen-bond acceptors (Lipinski definition) is 3. The Labute approximate surface area is 130 Å². The Bertz CT molecular complexity index is 507. The zero-order chi connectivity index (χ0) is 12.9. The van der Waals surface area contributed by atoms with Gasteiger partial charge in [0.1, 0.15) is 18.1 Å². The molecule has 1 aromatic rings. The molecule has 0 bridgehead atoms. The molecule has 2 atom stereocenters. The molecule has 1 N–H and O–H groups in total. The fraction of sp³-hybridized carbons (Fsp3) is 0.625. The minimum absolute atomic E-state index is 0. The molecule has 2 fully saturated rings. The van der Waals surface area contributed by atoms with Gasteiger partial charge in [-0.25, -0.2) is 0 Å². The van der Waals surface area contributed by atoms with Gasteiger partial charge in [0.15, 0.2) is 0 Å². The molecule has 1 aromatic carbocycles. The second-order valence-corrected chi connectivity index (χ2v) is 6.17. The van der Waals surface area contributed by atoms with E-state index in [-0.39, 0.29) is 22.5 Å². The minimum Gasteiger partial charge on any atom is -0.508 e. The number of fused-ring (bicyclic) bond motifs is 1. The summed E-state index contributed by atoms with van der Waals surface area (Å²) in [7, 11) is 0. The summed E-state index contributed by atoms with van der Waals surface area (Å²) in [4.78, 5) is 2.63. The maximum atomic E-state index is 9.91. The number of nitrogens with zero attached hydrogens (tertiary/aromatic N) is 1. The summed E-state index contributed by atoms with van der Waals surface area (Å²) in [6, 6.07) is 5.65. The van der Waals surface area contributed by atoms with Crippen molar-refractivity contribution in [3.63, 3.8) is 0 Å². The lowest BCUT2D eigenvalue weighted by atomic mass is 9.69. The number of halogens is 1. The number of aromatic hydroxyl groups is 1. The molecule has 3 nitrogen and oxygen atoms in total. The lowest BCUT2D eigenvalue weighted by Gasteiger charge is -2.45. The van der Waals surface area contributed by atoms with Crippen LogP contribution in [0.5, 0.6) is 11.5 Å². The molecule has 2 heterocycles. The van der Waals surface area contributed by atoms with Gasteiger partial charge in [-0.05, 0) is 49.9 Å². The van der Waals surface area contributed by atoms with Crippen LogP contribution in [0.4, 0.5) is 0 Å². The molecule has 110 valence electrons. The standard InChI is InChI=1S/C16H21NO2.BrH/c18-13-4-5-15-14(11-13)16-7-2-1-3-12(16)6-8-17(16)9-10-19-15;/h4-5,11-12,18H,1-3,6-10H2;1H. The van der Waals surface area contributed by atoms with Gasteiger partial charge in [-0.15, -0.1) is 17.0 Å². The molecule has 0 aromatic heterocycles. The van der Waals surface area contributed by atoms with Gasteiger partial charge in [0.05, 0.1) is 5.54 Å². The number of phenols is 1. The van der Waals surface area contributed by atoms with Crippen molar-refractivity contribution >= 4 is 17.0 Å². The highest BCUT2D eigenvalue weighted by Crippen LogP contribution is 2.55. The van der Waals surface area contributed by atoms with Crippen molar-refractivity contribution in [1.82, 2.24) is 4.90 Å². The SMILES string of the molecule is Br.Oc1ccc2c(c1)C13CCCCC1CCN3CCO2. The minimum atomic E-state index is 0. The Balaban J connectivity index is 0.00000121. The van der Waals surface area contributed by atoms with Gasteiger partial charge in [-0.3, -0.25) is 4.90 Å². The Morgan fingerprint density at radius 2 is 2.10 bits per heavy atom. The summed E-state index contributed by atoms with van der Waals surface area (Å²) >= 11 is 0. The van der Waals surface area contributed by atoms with Crippen molar-refractivity contribution < 1.29 is 9.84 Å². The normalized spacial score (nSPS) is 32.1. The van der Waals surface area contributed by atoms with Gasteiger partial charge in [-0.2, -0.15) is 0 Å². The molecule has 1 saturated carbocycles. The molecule has 2 aliphatic heterocycles. The van der Waals surface area contributed by atoms with Gasteiger partial charge in [0, 0.05) is 12.1 Å². The third-order valence-electron chi connectivity index (χ3n) is 5.40. The largest absolute Gasteiger partial charge is 0.508 e. The molecule has 4 heteroatoms. The molecular weight excluding hydrogens is 318 g/mol. The molecule has 2 unspecified atom stereocenters. The van der Waals surface area contributed by atoms with Gasteiger partial charge >= 0.3 is 0 Å². The Morgan fingerprint density at radius 1 is 1.20 bits per heavy atom. The lowest BCUT2D eigenvalue weighted by molar-refractivity contribution is 0.0624. The summed E-state index contributed by atoms with van der Waals surface area (Å²) in [5.41, 5.74) is 1.38. The smallest absolute Gasteiger partial charge is 0.124 e. The van der Waals surface area contributed by atoms with E-state index in [2.05, 4.69) is 4.90 Å². The van der Waals surface area contributed by atoms with Gasteiger partial charge < -0.3 is 9.84 Å². The van der Waals surface area contributed by atoms with E-state index in [1.165, 1.54) is 44.2 Å². The van der Waals surface area contributed by atoms with Crippen LogP contribution in [0.15, 0.2) is 18.2 Å². The first-order valence-corrected chi connectivity index (χ1v) is 7.52. The van der Waals surface area contributed by atoms with Crippen LogP contribution < -0.4 is 4.74 Å². The molecule has 1 aliphatic carbocycles. The summed E-state index contributed by atoms with van der Waals surface area (Å²) in [6.45, 7) is 2.97. The third kappa shape index (κ3) is 1.88. The van der Waals surface area contributed by atoms with Crippen LogP contribution in [-0.2, 0) is 5.54 Å². The highest BCUT2D eigenvalue weighted by Gasteiger charge is 2.52. The van der Waals surface area contributed by atoms with Crippen LogP contribution in [0.1, 0.15) is 37.7 Å². The third-order valence-corrected chi connectivity index (χ3v) is 5.40. The summed E-state index contributed by atoms with van der Waals surface area (Å²) < 4.78 is 5.93. The molecule has 1 spiro atoms. The Morgan fingerprint density at radius 3 is 3.00 bits per heavy atom. The van der Waals surface area contributed by atoms with Crippen LogP contribution in [0.2, 0.25) is 0 Å². The van der Waals surface area contributed by atoms with Crippen molar-refractivity contribution in [2.24, 2.45) is 5.92 Å². The predicted molar refractivity (Wildman–Crippen MR) is 83.7 cm³/mol. The first-order valence-electron chi connectivity index (χ1n) is 7.52. The van der Waals surface area contributed by atoms with E-state index in [4.69, 9.17) is 4.74 Å². The van der Waals surface area contributed by atoms with E-state index in [1.807, 2.05) is 12.1 Å². The average Bonchev–Trinajstić information content (AvgIpc) is 2.74. The zero-order valence-corrected chi connectivity index (χ0v) is 13.4. The molecular formula is C16H22BrNO2. The number of ether oxygens (including phenoxy) is 1. The van der Waals surface area contributed by atoms with E-state index >= 15 is 0 Å². The van der Waals surface area contributed by atoms with Crippen molar-refractivity contribution in [2.75, 3.05) is 19.7 Å². The average molecular weight is 340 g/mol. The monoisotopic (exact) mass is 339 g/mol. The van der Waals surface area contributed by atoms with Crippen molar-refractivity contribution in [3.8, 4) is 11.5 Å². The Kier molecular flexibility index (Phi) is 3.71. The van der Waals surface area contributed by atoms with Crippen LogP contribution in [0.25, 0.3) is 0 Å². The maximum absolute atomic E-state index is 9.91. The summed E-state index contributed by atoms with van der Waals surface area (Å²) in [6.07, 6.45) is 6.50. The second-order valence-electron chi connectivity index (χ2n) is 6.17. The lowest BCUT2D eigenvalue weighted by Crippen LogP contribution is -2.46. The summed E-state index contributed by atoms with van der Waals surface area (Å²) in [5.74, 6) is 2.10. The van der Waals surface area contributed by atoms with Crippen LogP contribution in [0, 0.1) is 5.92 Å². The summed E-state index contributed by atoms with van der Waals surface area (Å²) in [5, 5.41) is 9.91. The molecule has 1 saturated heterocycles.